The van der Waals surface area contributed by atoms with Crippen LogP contribution in [0.2, 0.25) is 0 Å². The molecule has 1 aliphatic heterocycles. The number of amides is 1. The highest BCUT2D eigenvalue weighted by Crippen LogP contribution is 2.41. The summed E-state index contributed by atoms with van der Waals surface area (Å²) < 4.78 is 5.32. The van der Waals surface area contributed by atoms with E-state index in [0.29, 0.717) is 12.4 Å². The Bertz CT molecular complexity index is 250. The van der Waals surface area contributed by atoms with Crippen LogP contribution in [0.25, 0.3) is 0 Å². The number of rotatable bonds is 4. The fourth-order valence-electron chi connectivity index (χ4n) is 1.40. The van der Waals surface area contributed by atoms with E-state index in [1.165, 1.54) is 18.7 Å². The highest BCUT2D eigenvalue weighted by Gasteiger charge is 2.43. The Labute approximate surface area is 86.0 Å². The number of aliphatic carboxylic acids is 1. The Hall–Kier alpha value is -0.750. The van der Waals surface area contributed by atoms with Crippen molar-refractivity contribution in [2.75, 3.05) is 12.4 Å². The number of primary amides is 1. The number of carbonyl (C=O) groups excluding carboxylic acids is 2. The van der Waals surface area contributed by atoms with E-state index in [-0.39, 0.29) is 6.42 Å². The SMILES string of the molecule is CC(C(=O)[O-])C1(CC(N)=O)OCCS1. The van der Waals surface area contributed by atoms with Crippen molar-refractivity contribution in [1.82, 2.24) is 0 Å². The van der Waals surface area contributed by atoms with E-state index in [1.54, 1.807) is 0 Å². The van der Waals surface area contributed by atoms with Gasteiger partial charge in [-0.3, -0.25) is 4.79 Å². The van der Waals surface area contributed by atoms with Gasteiger partial charge in [0, 0.05) is 17.6 Å². The summed E-state index contributed by atoms with van der Waals surface area (Å²) in [4.78, 5) is 20.5. The lowest BCUT2D eigenvalue weighted by atomic mass is 10.0. The van der Waals surface area contributed by atoms with Crippen molar-refractivity contribution in [2.24, 2.45) is 11.7 Å². The first-order valence-electron chi connectivity index (χ1n) is 4.25. The zero-order chi connectivity index (χ0) is 10.8. The van der Waals surface area contributed by atoms with Crippen LogP contribution in [-0.4, -0.2) is 29.2 Å². The largest absolute Gasteiger partial charge is 0.550 e. The number of carbonyl (C=O) groups is 2. The summed E-state index contributed by atoms with van der Waals surface area (Å²) in [5.74, 6) is -1.96. The van der Waals surface area contributed by atoms with Crippen molar-refractivity contribution in [2.45, 2.75) is 18.3 Å². The van der Waals surface area contributed by atoms with Crippen LogP contribution in [0.5, 0.6) is 0 Å². The molecule has 0 spiro atoms. The molecule has 1 saturated heterocycles. The second kappa shape index (κ2) is 4.18. The Morgan fingerprint density at radius 1 is 1.71 bits per heavy atom. The highest BCUT2D eigenvalue weighted by atomic mass is 32.2. The summed E-state index contributed by atoms with van der Waals surface area (Å²) >= 11 is 1.31. The van der Waals surface area contributed by atoms with Crippen LogP contribution in [-0.2, 0) is 14.3 Å². The van der Waals surface area contributed by atoms with Crippen LogP contribution in [0.15, 0.2) is 0 Å². The summed E-state index contributed by atoms with van der Waals surface area (Å²) in [5.41, 5.74) is 5.05. The van der Waals surface area contributed by atoms with Crippen molar-refractivity contribution in [3.63, 3.8) is 0 Å². The van der Waals surface area contributed by atoms with Gasteiger partial charge in [-0.2, -0.15) is 0 Å². The number of thioether (sulfide) groups is 1. The number of ether oxygens (including phenoxy) is 1. The van der Waals surface area contributed by atoms with Gasteiger partial charge in [-0.1, -0.05) is 6.92 Å². The normalized spacial score (nSPS) is 28.6. The van der Waals surface area contributed by atoms with E-state index >= 15 is 0 Å². The molecule has 0 bridgehead atoms. The van der Waals surface area contributed by atoms with Gasteiger partial charge in [0.05, 0.1) is 13.0 Å². The molecule has 2 unspecified atom stereocenters. The van der Waals surface area contributed by atoms with Crippen molar-refractivity contribution in [1.29, 1.82) is 0 Å². The van der Waals surface area contributed by atoms with Crippen molar-refractivity contribution in [3.8, 4) is 0 Å². The molecule has 2 atom stereocenters. The van der Waals surface area contributed by atoms with Gasteiger partial charge in [0.25, 0.3) is 0 Å². The fraction of sp³-hybridized carbons (Fsp3) is 0.750. The van der Waals surface area contributed by atoms with Gasteiger partial charge in [0.2, 0.25) is 5.91 Å². The average molecular weight is 218 g/mol. The van der Waals surface area contributed by atoms with Gasteiger partial charge < -0.3 is 20.4 Å². The predicted octanol–water partition coefficient (Wildman–Crippen LogP) is -1.29. The Balaban J connectivity index is 2.80. The second-order valence-electron chi connectivity index (χ2n) is 3.19. The van der Waals surface area contributed by atoms with Crippen LogP contribution >= 0.6 is 11.8 Å². The molecule has 2 N–H and O–H groups in total. The summed E-state index contributed by atoms with van der Waals surface area (Å²) in [6.07, 6.45) is -0.0905. The molecular formula is C8H12NO4S-. The molecule has 0 aliphatic carbocycles. The maximum absolute atomic E-state index is 10.8. The Morgan fingerprint density at radius 2 is 2.36 bits per heavy atom. The number of nitrogens with two attached hydrogens (primary N) is 1. The Morgan fingerprint density at radius 3 is 2.71 bits per heavy atom. The van der Waals surface area contributed by atoms with Crippen molar-refractivity contribution < 1.29 is 19.4 Å². The third-order valence-corrected chi connectivity index (χ3v) is 3.69. The lowest BCUT2D eigenvalue weighted by Gasteiger charge is -2.33. The number of hydrogen-bond donors (Lipinski definition) is 1. The fourth-order valence-corrected chi connectivity index (χ4v) is 2.67. The molecule has 6 heteroatoms. The molecule has 5 nitrogen and oxygen atoms in total. The highest BCUT2D eigenvalue weighted by molar-refractivity contribution is 8.00. The molecule has 80 valence electrons. The molecular weight excluding hydrogens is 206 g/mol. The number of hydrogen-bond acceptors (Lipinski definition) is 5. The maximum Gasteiger partial charge on any atom is 0.221 e. The lowest BCUT2D eigenvalue weighted by molar-refractivity contribution is -0.314. The van der Waals surface area contributed by atoms with Crippen molar-refractivity contribution in [3.05, 3.63) is 0 Å². The third kappa shape index (κ3) is 2.19. The lowest BCUT2D eigenvalue weighted by Crippen LogP contribution is -2.46. The maximum atomic E-state index is 10.8. The minimum Gasteiger partial charge on any atom is -0.550 e. The molecule has 0 radical (unpaired) electrons. The van der Waals surface area contributed by atoms with E-state index in [4.69, 9.17) is 10.5 Å². The van der Waals surface area contributed by atoms with Gasteiger partial charge in [-0.25, -0.2) is 0 Å². The van der Waals surface area contributed by atoms with E-state index in [9.17, 15) is 14.7 Å². The third-order valence-electron chi connectivity index (χ3n) is 2.21. The molecule has 1 heterocycles. The van der Waals surface area contributed by atoms with Gasteiger partial charge in [-0.15, -0.1) is 11.8 Å². The standard InChI is InChI=1S/C8H13NO4S/c1-5(7(11)12)8(4-6(9)10)13-2-3-14-8/h5H,2-4H2,1H3,(H2,9,10)(H,11,12)/p-1. The molecule has 0 aromatic rings. The molecule has 14 heavy (non-hydrogen) atoms. The number of carboxylic acid groups (broad SMARTS) is 1. The summed E-state index contributed by atoms with van der Waals surface area (Å²) in [6.45, 7) is 1.91. The number of carboxylic acids is 1. The van der Waals surface area contributed by atoms with E-state index in [1.807, 2.05) is 0 Å². The molecule has 1 amide bonds. The minimum atomic E-state index is -1.22. The van der Waals surface area contributed by atoms with Gasteiger partial charge in [0.15, 0.2) is 0 Å². The zero-order valence-electron chi connectivity index (χ0n) is 7.82. The monoisotopic (exact) mass is 218 g/mol. The van der Waals surface area contributed by atoms with Gasteiger partial charge in [-0.05, 0) is 0 Å². The van der Waals surface area contributed by atoms with Crippen LogP contribution in [0, 0.1) is 5.92 Å². The van der Waals surface area contributed by atoms with Gasteiger partial charge >= 0.3 is 0 Å². The zero-order valence-corrected chi connectivity index (χ0v) is 8.63. The molecule has 1 aliphatic rings. The second-order valence-corrected chi connectivity index (χ2v) is 4.58. The first kappa shape index (κ1) is 11.3. The molecule has 1 rings (SSSR count). The van der Waals surface area contributed by atoms with Crippen LogP contribution < -0.4 is 10.8 Å². The topological polar surface area (TPSA) is 92.5 Å². The summed E-state index contributed by atoms with van der Waals surface area (Å²) in [6, 6.07) is 0. The molecule has 0 aromatic carbocycles. The quantitative estimate of drug-likeness (QED) is 0.633. The van der Waals surface area contributed by atoms with Crippen LogP contribution in [0.4, 0.5) is 0 Å². The summed E-state index contributed by atoms with van der Waals surface area (Å²) in [7, 11) is 0. The van der Waals surface area contributed by atoms with E-state index in [0.717, 1.165) is 0 Å². The molecule has 1 fully saturated rings. The average Bonchev–Trinajstić information content (AvgIpc) is 2.51. The van der Waals surface area contributed by atoms with Crippen LogP contribution in [0.1, 0.15) is 13.3 Å². The predicted molar refractivity (Wildman–Crippen MR) is 49.1 cm³/mol. The first-order chi connectivity index (χ1) is 6.48. The van der Waals surface area contributed by atoms with E-state index in [2.05, 4.69) is 0 Å². The van der Waals surface area contributed by atoms with Crippen molar-refractivity contribution >= 4 is 23.6 Å². The molecule has 0 saturated carbocycles. The van der Waals surface area contributed by atoms with Gasteiger partial charge in [0.1, 0.15) is 4.93 Å². The Kier molecular flexibility index (Phi) is 3.38. The van der Waals surface area contributed by atoms with Crippen LogP contribution in [0.3, 0.4) is 0 Å². The summed E-state index contributed by atoms with van der Waals surface area (Å²) in [5, 5.41) is 10.7. The first-order valence-corrected chi connectivity index (χ1v) is 5.23. The van der Waals surface area contributed by atoms with E-state index < -0.39 is 22.7 Å². The molecule has 0 aromatic heterocycles. The minimum absolute atomic E-state index is 0.0905. The smallest absolute Gasteiger partial charge is 0.221 e.